The van der Waals surface area contributed by atoms with Crippen LogP contribution in [0.1, 0.15) is 19.3 Å². The second kappa shape index (κ2) is 1.95. The Morgan fingerprint density at radius 2 is 2.30 bits per heavy atom. The van der Waals surface area contributed by atoms with Crippen LogP contribution in [0.2, 0.25) is 0 Å². The van der Waals surface area contributed by atoms with Gasteiger partial charge in [0.05, 0.1) is 0 Å². The van der Waals surface area contributed by atoms with E-state index in [1.807, 2.05) is 0 Å². The molecule has 3 nitrogen and oxygen atoms in total. The standard InChI is InChI=1S/C7H11NO2/c9-7(10)6-5-3-1-2-4-8(5)6/h5-6H,1-4H2,(H,9,10)/t5-,6-,8?/m1/s1. The Morgan fingerprint density at radius 1 is 1.50 bits per heavy atom. The predicted molar refractivity (Wildman–Crippen MR) is 35.8 cm³/mol. The molecule has 3 heteroatoms. The predicted octanol–water partition coefficient (Wildman–Crippen LogP) is 0.308. The highest BCUT2D eigenvalue weighted by atomic mass is 16.4. The van der Waals surface area contributed by atoms with Crippen molar-refractivity contribution in [2.24, 2.45) is 0 Å². The molecule has 2 fully saturated rings. The van der Waals surface area contributed by atoms with Crippen LogP contribution < -0.4 is 0 Å². The van der Waals surface area contributed by atoms with Crippen molar-refractivity contribution < 1.29 is 9.90 Å². The lowest BCUT2D eigenvalue weighted by Gasteiger charge is -2.07. The minimum Gasteiger partial charge on any atom is -0.480 e. The molecule has 0 aromatic heterocycles. The third-order valence-electron chi connectivity index (χ3n) is 2.48. The summed E-state index contributed by atoms with van der Waals surface area (Å²) >= 11 is 0. The van der Waals surface area contributed by atoms with Crippen molar-refractivity contribution in [2.45, 2.75) is 31.3 Å². The summed E-state index contributed by atoms with van der Waals surface area (Å²) < 4.78 is 0. The first-order valence-corrected chi connectivity index (χ1v) is 3.79. The van der Waals surface area contributed by atoms with Crippen LogP contribution >= 0.6 is 0 Å². The summed E-state index contributed by atoms with van der Waals surface area (Å²) in [5.41, 5.74) is 0. The number of rotatable bonds is 1. The molecule has 0 bridgehead atoms. The lowest BCUT2D eigenvalue weighted by Crippen LogP contribution is -2.12. The van der Waals surface area contributed by atoms with Gasteiger partial charge in [-0.15, -0.1) is 0 Å². The van der Waals surface area contributed by atoms with Gasteiger partial charge in [-0.1, -0.05) is 6.42 Å². The zero-order valence-electron chi connectivity index (χ0n) is 5.79. The number of hydrogen-bond acceptors (Lipinski definition) is 2. The Morgan fingerprint density at radius 3 is 2.80 bits per heavy atom. The molecule has 0 aromatic carbocycles. The van der Waals surface area contributed by atoms with Crippen LogP contribution in [0.15, 0.2) is 0 Å². The number of carboxylic acid groups (broad SMARTS) is 1. The van der Waals surface area contributed by atoms with Crippen LogP contribution in [-0.4, -0.2) is 34.6 Å². The van der Waals surface area contributed by atoms with E-state index in [4.69, 9.17) is 5.11 Å². The van der Waals surface area contributed by atoms with Crippen molar-refractivity contribution in [3.8, 4) is 0 Å². The van der Waals surface area contributed by atoms with Crippen LogP contribution in [0.3, 0.4) is 0 Å². The van der Waals surface area contributed by atoms with Gasteiger partial charge < -0.3 is 5.11 Å². The maximum absolute atomic E-state index is 10.5. The van der Waals surface area contributed by atoms with Crippen molar-refractivity contribution in [3.63, 3.8) is 0 Å². The summed E-state index contributed by atoms with van der Waals surface area (Å²) in [5, 5.41) is 8.64. The number of carboxylic acids is 1. The van der Waals surface area contributed by atoms with Gasteiger partial charge in [0.2, 0.25) is 0 Å². The summed E-state index contributed by atoms with van der Waals surface area (Å²) in [6.07, 6.45) is 3.49. The van der Waals surface area contributed by atoms with Gasteiger partial charge in [-0.2, -0.15) is 0 Å². The molecular formula is C7H11NO2. The Bertz CT molecular complexity index is 157. The smallest absolute Gasteiger partial charge is 0.322 e. The first-order valence-electron chi connectivity index (χ1n) is 3.79. The van der Waals surface area contributed by atoms with Gasteiger partial charge in [0, 0.05) is 6.04 Å². The largest absolute Gasteiger partial charge is 0.480 e. The van der Waals surface area contributed by atoms with Crippen LogP contribution in [0.25, 0.3) is 0 Å². The fourth-order valence-corrected chi connectivity index (χ4v) is 1.91. The lowest BCUT2D eigenvalue weighted by atomic mass is 10.1. The van der Waals surface area contributed by atoms with Crippen molar-refractivity contribution in [1.29, 1.82) is 0 Å². The summed E-state index contributed by atoms with van der Waals surface area (Å²) in [6, 6.07) is 0.272. The van der Waals surface area contributed by atoms with Crippen molar-refractivity contribution in [1.82, 2.24) is 4.90 Å². The normalized spacial score (nSPS) is 44.2. The topological polar surface area (TPSA) is 40.3 Å². The van der Waals surface area contributed by atoms with Gasteiger partial charge in [0.1, 0.15) is 6.04 Å². The second-order valence-corrected chi connectivity index (χ2v) is 3.08. The second-order valence-electron chi connectivity index (χ2n) is 3.08. The fraction of sp³-hybridized carbons (Fsp3) is 0.857. The third kappa shape index (κ3) is 0.736. The molecule has 0 saturated carbocycles. The van der Waals surface area contributed by atoms with Crippen LogP contribution in [0.4, 0.5) is 0 Å². The molecule has 0 radical (unpaired) electrons. The van der Waals surface area contributed by atoms with Crippen molar-refractivity contribution in [3.05, 3.63) is 0 Å². The number of nitrogens with zero attached hydrogens (tertiary/aromatic N) is 1. The molecule has 10 heavy (non-hydrogen) atoms. The van der Waals surface area contributed by atoms with Gasteiger partial charge in [-0.3, -0.25) is 9.69 Å². The first-order chi connectivity index (χ1) is 4.80. The molecule has 2 aliphatic rings. The van der Waals surface area contributed by atoms with E-state index in [2.05, 4.69) is 4.90 Å². The number of aliphatic carboxylic acids is 1. The van der Waals surface area contributed by atoms with E-state index in [1.54, 1.807) is 0 Å². The van der Waals surface area contributed by atoms with E-state index in [9.17, 15) is 4.79 Å². The van der Waals surface area contributed by atoms with Crippen LogP contribution in [0, 0.1) is 0 Å². The van der Waals surface area contributed by atoms with Gasteiger partial charge in [0.25, 0.3) is 0 Å². The lowest BCUT2D eigenvalue weighted by molar-refractivity contribution is -0.137. The van der Waals surface area contributed by atoms with Gasteiger partial charge in [-0.05, 0) is 19.4 Å². The molecule has 2 aliphatic heterocycles. The highest BCUT2D eigenvalue weighted by Gasteiger charge is 2.52. The number of hydrogen-bond donors (Lipinski definition) is 1. The molecule has 56 valence electrons. The van der Waals surface area contributed by atoms with E-state index < -0.39 is 5.97 Å². The summed E-state index contributed by atoms with van der Waals surface area (Å²) in [4.78, 5) is 12.6. The average Bonchev–Trinajstić information content (AvgIpc) is 2.60. The number of carbonyl (C=O) groups is 1. The van der Waals surface area contributed by atoms with Gasteiger partial charge >= 0.3 is 5.97 Å². The molecule has 2 heterocycles. The Hall–Kier alpha value is -0.570. The zero-order valence-corrected chi connectivity index (χ0v) is 5.79. The molecule has 0 spiro atoms. The molecule has 0 aromatic rings. The van der Waals surface area contributed by atoms with E-state index >= 15 is 0 Å². The SMILES string of the molecule is O=C(O)[C@H]1[C@H]2CCCCN21. The maximum atomic E-state index is 10.5. The highest BCUT2D eigenvalue weighted by Crippen LogP contribution is 2.36. The molecule has 3 atom stereocenters. The van der Waals surface area contributed by atoms with E-state index in [0.29, 0.717) is 6.04 Å². The Balaban J connectivity index is 1.99. The van der Waals surface area contributed by atoms with Gasteiger partial charge in [-0.25, -0.2) is 0 Å². The van der Waals surface area contributed by atoms with Crippen LogP contribution in [-0.2, 0) is 4.79 Å². The van der Waals surface area contributed by atoms with Crippen LogP contribution in [0.5, 0.6) is 0 Å². The third-order valence-corrected chi connectivity index (χ3v) is 2.48. The zero-order chi connectivity index (χ0) is 7.14. The molecule has 1 unspecified atom stereocenters. The quantitative estimate of drug-likeness (QED) is 0.534. The average molecular weight is 141 g/mol. The molecule has 0 amide bonds. The maximum Gasteiger partial charge on any atom is 0.322 e. The monoisotopic (exact) mass is 141 g/mol. The fourth-order valence-electron chi connectivity index (χ4n) is 1.91. The van der Waals surface area contributed by atoms with E-state index in [-0.39, 0.29) is 6.04 Å². The summed E-state index contributed by atoms with van der Waals surface area (Å²) in [6.45, 7) is 1.00. The summed E-state index contributed by atoms with van der Waals surface area (Å²) in [5.74, 6) is -0.632. The minimum absolute atomic E-state index is 0.123. The first kappa shape index (κ1) is 6.16. The van der Waals surface area contributed by atoms with Crippen molar-refractivity contribution >= 4 is 5.97 Å². The Kier molecular flexibility index (Phi) is 1.20. The molecular weight excluding hydrogens is 130 g/mol. The Labute approximate surface area is 59.6 Å². The molecule has 1 N–H and O–H groups in total. The van der Waals surface area contributed by atoms with Gasteiger partial charge in [0.15, 0.2) is 0 Å². The van der Waals surface area contributed by atoms with Crippen molar-refractivity contribution in [2.75, 3.05) is 6.54 Å². The highest BCUT2D eigenvalue weighted by molar-refractivity contribution is 5.78. The van der Waals surface area contributed by atoms with E-state index in [1.165, 1.54) is 12.8 Å². The number of fused-ring (bicyclic) bond motifs is 1. The van der Waals surface area contributed by atoms with E-state index in [0.717, 1.165) is 13.0 Å². The summed E-state index contributed by atoms with van der Waals surface area (Å²) in [7, 11) is 0. The molecule has 0 aliphatic carbocycles. The molecule has 2 saturated heterocycles. The number of piperidine rings is 1. The minimum atomic E-state index is -0.632. The molecule has 2 rings (SSSR count).